The largest absolute Gasteiger partial charge is 0.510 e. The molecule has 0 bridgehead atoms. The lowest BCUT2D eigenvalue weighted by atomic mass is 9.84. The molecule has 164 valence electrons. The maximum atomic E-state index is 12.7. The fraction of sp³-hybridized carbons (Fsp3) is 0.519. The third kappa shape index (κ3) is 5.87. The molecular weight excluding hydrogens is 372 g/mol. The number of carbonyl (C=O) groups is 1. The quantitative estimate of drug-likeness (QED) is 0.487. The van der Waals surface area contributed by atoms with Crippen LogP contribution >= 0.6 is 0 Å². The third-order valence-electron chi connectivity index (χ3n) is 5.52. The van der Waals surface area contributed by atoms with Gasteiger partial charge >= 0.3 is 6.16 Å². The Balaban J connectivity index is 2.20. The Kier molecular flexibility index (Phi) is 6.47. The highest BCUT2D eigenvalue weighted by atomic mass is 16.7. The average molecular weight is 411 g/mol. The first-order valence-electron chi connectivity index (χ1n) is 10.7. The van der Waals surface area contributed by atoms with Gasteiger partial charge in [0.1, 0.15) is 11.2 Å². The zero-order valence-electron chi connectivity index (χ0n) is 20.3. The van der Waals surface area contributed by atoms with Crippen LogP contribution in [0.4, 0.5) is 4.79 Å². The molecule has 0 aliphatic rings. The summed E-state index contributed by atoms with van der Waals surface area (Å²) in [6.45, 7) is 20.6. The highest BCUT2D eigenvalue weighted by Gasteiger charge is 2.32. The van der Waals surface area contributed by atoms with E-state index in [1.807, 2.05) is 52.0 Å². The van der Waals surface area contributed by atoms with E-state index in [1.165, 1.54) is 11.1 Å². The van der Waals surface area contributed by atoms with Gasteiger partial charge in [-0.05, 0) is 60.8 Å². The zero-order valence-corrected chi connectivity index (χ0v) is 20.3. The lowest BCUT2D eigenvalue weighted by Gasteiger charge is -2.31. The van der Waals surface area contributed by atoms with E-state index in [-0.39, 0.29) is 10.8 Å². The maximum Gasteiger partial charge on any atom is 0.510 e. The Morgan fingerprint density at radius 1 is 0.567 bits per heavy atom. The van der Waals surface area contributed by atoms with Gasteiger partial charge in [-0.25, -0.2) is 4.79 Å². The van der Waals surface area contributed by atoms with Crippen LogP contribution in [-0.2, 0) is 31.5 Å². The SMILES string of the molecule is CC(C)(C)c1cccc(C(C)(C)OC(=O)OC(C)(C)c2cccc(C(C)(C)C)c2)c1. The van der Waals surface area contributed by atoms with E-state index < -0.39 is 17.4 Å². The molecule has 0 aliphatic carbocycles. The predicted octanol–water partition coefficient (Wildman–Crippen LogP) is 7.61. The molecule has 0 N–H and O–H groups in total. The molecule has 0 fully saturated rings. The summed E-state index contributed by atoms with van der Waals surface area (Å²) in [4.78, 5) is 12.7. The molecule has 0 amide bonds. The van der Waals surface area contributed by atoms with E-state index in [0.29, 0.717) is 0 Å². The van der Waals surface area contributed by atoms with Crippen molar-refractivity contribution in [2.75, 3.05) is 0 Å². The molecule has 2 aromatic carbocycles. The second kappa shape index (κ2) is 8.09. The van der Waals surface area contributed by atoms with E-state index >= 15 is 0 Å². The molecule has 0 aliphatic heterocycles. The van der Waals surface area contributed by atoms with E-state index in [0.717, 1.165) is 11.1 Å². The first-order chi connectivity index (χ1) is 13.5. The summed E-state index contributed by atoms with van der Waals surface area (Å²) in [5.41, 5.74) is 2.72. The van der Waals surface area contributed by atoms with Crippen molar-refractivity contribution in [2.24, 2.45) is 0 Å². The van der Waals surface area contributed by atoms with E-state index in [4.69, 9.17) is 9.47 Å². The Morgan fingerprint density at radius 3 is 1.17 bits per heavy atom. The number of rotatable bonds is 4. The third-order valence-corrected chi connectivity index (χ3v) is 5.52. The molecule has 0 spiro atoms. The second-order valence-electron chi connectivity index (χ2n) is 11.1. The Labute approximate surface area is 182 Å². The minimum atomic E-state index is -0.804. The molecule has 0 saturated carbocycles. The Hall–Kier alpha value is -2.29. The highest BCUT2D eigenvalue weighted by Crippen LogP contribution is 2.33. The van der Waals surface area contributed by atoms with Crippen LogP contribution in [0, 0.1) is 0 Å². The molecule has 30 heavy (non-hydrogen) atoms. The summed E-state index contributed by atoms with van der Waals surface area (Å²) >= 11 is 0. The van der Waals surface area contributed by atoms with E-state index in [1.54, 1.807) is 0 Å². The number of carbonyl (C=O) groups excluding carboxylic acids is 1. The molecule has 2 rings (SSSR count). The second-order valence-corrected chi connectivity index (χ2v) is 11.1. The average Bonchev–Trinajstić information content (AvgIpc) is 2.59. The first kappa shape index (κ1) is 24.0. The van der Waals surface area contributed by atoms with Gasteiger partial charge in [-0.1, -0.05) is 90.1 Å². The summed E-state index contributed by atoms with van der Waals surface area (Å²) in [6.07, 6.45) is -0.674. The number of hydrogen-bond donors (Lipinski definition) is 0. The van der Waals surface area contributed by atoms with Crippen molar-refractivity contribution in [1.29, 1.82) is 0 Å². The molecule has 0 aromatic heterocycles. The first-order valence-corrected chi connectivity index (χ1v) is 10.7. The van der Waals surface area contributed by atoms with Crippen molar-refractivity contribution in [3.05, 3.63) is 70.8 Å². The van der Waals surface area contributed by atoms with Crippen molar-refractivity contribution in [3.63, 3.8) is 0 Å². The molecule has 3 heteroatoms. The fourth-order valence-corrected chi connectivity index (χ4v) is 3.28. The Bertz CT molecular complexity index is 819. The van der Waals surface area contributed by atoms with Gasteiger partial charge in [0.15, 0.2) is 0 Å². The lowest BCUT2D eigenvalue weighted by Crippen LogP contribution is -2.32. The predicted molar refractivity (Wildman–Crippen MR) is 124 cm³/mol. The summed E-state index contributed by atoms with van der Waals surface area (Å²) < 4.78 is 11.6. The smallest absolute Gasteiger partial charge is 0.423 e. The van der Waals surface area contributed by atoms with Crippen molar-refractivity contribution >= 4 is 6.16 Å². The Morgan fingerprint density at radius 2 is 0.867 bits per heavy atom. The van der Waals surface area contributed by atoms with Gasteiger partial charge in [-0.15, -0.1) is 0 Å². The van der Waals surface area contributed by atoms with Crippen LogP contribution in [0.25, 0.3) is 0 Å². The minimum absolute atomic E-state index is 0.0205. The van der Waals surface area contributed by atoms with Crippen molar-refractivity contribution in [2.45, 2.75) is 91.3 Å². The molecule has 0 radical (unpaired) electrons. The van der Waals surface area contributed by atoms with Gasteiger partial charge in [0.2, 0.25) is 0 Å². The molecule has 2 aromatic rings. The summed E-state index contributed by atoms with van der Waals surface area (Å²) in [6, 6.07) is 16.4. The van der Waals surface area contributed by atoms with Crippen LogP contribution < -0.4 is 0 Å². The number of hydrogen-bond acceptors (Lipinski definition) is 3. The van der Waals surface area contributed by atoms with Gasteiger partial charge in [0.05, 0.1) is 0 Å². The van der Waals surface area contributed by atoms with Gasteiger partial charge in [0.25, 0.3) is 0 Å². The highest BCUT2D eigenvalue weighted by molar-refractivity contribution is 5.62. The zero-order chi connectivity index (χ0) is 23.0. The summed E-state index contributed by atoms with van der Waals surface area (Å²) in [5.74, 6) is 0. The van der Waals surface area contributed by atoms with Gasteiger partial charge in [-0.3, -0.25) is 0 Å². The minimum Gasteiger partial charge on any atom is -0.423 e. The van der Waals surface area contributed by atoms with Crippen LogP contribution in [-0.4, -0.2) is 6.16 Å². The fourth-order valence-electron chi connectivity index (χ4n) is 3.28. The topological polar surface area (TPSA) is 35.5 Å². The standard InChI is InChI=1S/C27H38O3/c1-24(2,3)19-13-11-15-21(17-19)26(7,8)29-23(28)30-27(9,10)22-16-12-14-20(18-22)25(4,5)6/h11-18H,1-10H3. The van der Waals surface area contributed by atoms with Gasteiger partial charge in [-0.2, -0.15) is 0 Å². The normalized spacial score (nSPS) is 13.1. The van der Waals surface area contributed by atoms with Crippen molar-refractivity contribution in [3.8, 4) is 0 Å². The molecule has 0 heterocycles. The summed E-state index contributed by atoms with van der Waals surface area (Å²) in [5, 5.41) is 0. The maximum absolute atomic E-state index is 12.7. The number of ether oxygens (including phenoxy) is 2. The van der Waals surface area contributed by atoms with Crippen LogP contribution in [0.15, 0.2) is 48.5 Å². The molecule has 0 saturated heterocycles. The van der Waals surface area contributed by atoms with Crippen molar-refractivity contribution in [1.82, 2.24) is 0 Å². The lowest BCUT2D eigenvalue weighted by molar-refractivity contribution is -0.0634. The van der Waals surface area contributed by atoms with Crippen LogP contribution in [0.5, 0.6) is 0 Å². The van der Waals surface area contributed by atoms with Crippen LogP contribution in [0.1, 0.15) is 91.5 Å². The van der Waals surface area contributed by atoms with Crippen molar-refractivity contribution < 1.29 is 14.3 Å². The van der Waals surface area contributed by atoms with Gasteiger partial charge < -0.3 is 9.47 Å². The van der Waals surface area contributed by atoms with Gasteiger partial charge in [0, 0.05) is 0 Å². The number of benzene rings is 2. The summed E-state index contributed by atoms with van der Waals surface area (Å²) in [7, 11) is 0. The molecular formula is C27H38O3. The molecule has 0 atom stereocenters. The molecule has 0 unspecified atom stereocenters. The van der Waals surface area contributed by atoms with E-state index in [2.05, 4.69) is 65.8 Å². The van der Waals surface area contributed by atoms with Crippen LogP contribution in [0.2, 0.25) is 0 Å². The van der Waals surface area contributed by atoms with Crippen LogP contribution in [0.3, 0.4) is 0 Å². The monoisotopic (exact) mass is 410 g/mol. The van der Waals surface area contributed by atoms with E-state index in [9.17, 15) is 4.79 Å². The molecule has 3 nitrogen and oxygen atoms in total.